The van der Waals surface area contributed by atoms with Crippen LogP contribution in [0.25, 0.3) is 0 Å². The molecule has 1 aromatic heterocycles. The van der Waals surface area contributed by atoms with Gasteiger partial charge in [-0.15, -0.1) is 0 Å². The zero-order valence-electron chi connectivity index (χ0n) is 15.5. The molecule has 0 atom stereocenters. The van der Waals surface area contributed by atoms with Crippen molar-refractivity contribution in [3.8, 4) is 0 Å². The number of amides is 2. The Bertz CT molecular complexity index is 919. The predicted octanol–water partition coefficient (Wildman–Crippen LogP) is 2.39. The smallest absolute Gasteiger partial charge is 0.273 e. The van der Waals surface area contributed by atoms with E-state index in [2.05, 4.69) is 15.2 Å². The Morgan fingerprint density at radius 2 is 2.00 bits per heavy atom. The fourth-order valence-electron chi connectivity index (χ4n) is 3.35. The summed E-state index contributed by atoms with van der Waals surface area (Å²) in [7, 11) is 0. The number of carbonyl (C=O) groups is 2. The van der Waals surface area contributed by atoms with Crippen LogP contribution in [0, 0.1) is 0 Å². The molecule has 0 saturated carbocycles. The van der Waals surface area contributed by atoms with Crippen LogP contribution in [-0.2, 0) is 17.9 Å². The number of hydrogen-bond acceptors (Lipinski definition) is 4. The second-order valence-corrected chi connectivity index (χ2v) is 7.37. The van der Waals surface area contributed by atoms with Crippen molar-refractivity contribution in [3.05, 3.63) is 59.2 Å². The molecule has 4 rings (SSSR count). The molecule has 1 aromatic carbocycles. The van der Waals surface area contributed by atoms with Crippen LogP contribution in [0.5, 0.6) is 0 Å². The highest BCUT2D eigenvalue weighted by Crippen LogP contribution is 2.22. The number of nitrogens with zero attached hydrogens (tertiary/aromatic N) is 4. The van der Waals surface area contributed by atoms with Crippen LogP contribution in [0.3, 0.4) is 0 Å². The summed E-state index contributed by atoms with van der Waals surface area (Å²) in [6, 6.07) is 7.09. The lowest BCUT2D eigenvalue weighted by Crippen LogP contribution is -2.39. The van der Waals surface area contributed by atoms with Gasteiger partial charge < -0.3 is 14.8 Å². The minimum atomic E-state index is -0.263. The molecule has 0 unspecified atom stereocenters. The molecular weight excluding hydrogens is 378 g/mol. The number of halogens is 1. The number of aromatic nitrogens is 2. The van der Waals surface area contributed by atoms with E-state index in [4.69, 9.17) is 11.6 Å². The van der Waals surface area contributed by atoms with E-state index in [-0.39, 0.29) is 11.8 Å². The first kappa shape index (κ1) is 18.7. The summed E-state index contributed by atoms with van der Waals surface area (Å²) in [6.07, 6.45) is 6.35. The lowest BCUT2D eigenvalue weighted by atomic mass is 10.2. The van der Waals surface area contributed by atoms with Crippen LogP contribution in [-0.4, -0.2) is 57.3 Å². The first-order chi connectivity index (χ1) is 13.6. The average Bonchev–Trinajstić information content (AvgIpc) is 3.08. The molecule has 1 saturated heterocycles. The highest BCUT2D eigenvalue weighted by Gasteiger charge is 2.25. The van der Waals surface area contributed by atoms with E-state index in [1.807, 2.05) is 22.8 Å². The molecule has 28 heavy (non-hydrogen) atoms. The van der Waals surface area contributed by atoms with Gasteiger partial charge in [0.25, 0.3) is 5.91 Å². The second kappa shape index (κ2) is 8.16. The minimum absolute atomic E-state index is 0.0168. The highest BCUT2D eigenvalue weighted by molar-refractivity contribution is 6.33. The molecule has 2 amide bonds. The molecule has 146 valence electrons. The molecule has 0 radical (unpaired) electrons. The summed E-state index contributed by atoms with van der Waals surface area (Å²) in [5, 5.41) is 3.30. The van der Waals surface area contributed by atoms with Gasteiger partial charge in [0, 0.05) is 25.7 Å². The monoisotopic (exact) mass is 399 g/mol. The number of carbonyl (C=O) groups excluding carboxylic acids is 2. The quantitative estimate of drug-likeness (QED) is 0.784. The Morgan fingerprint density at radius 3 is 2.75 bits per heavy atom. The summed E-state index contributed by atoms with van der Waals surface area (Å²) in [4.78, 5) is 33.4. The number of likely N-dealkylation sites (tertiary alicyclic amines) is 1. The fourth-order valence-corrected chi connectivity index (χ4v) is 3.53. The van der Waals surface area contributed by atoms with Crippen molar-refractivity contribution in [1.82, 2.24) is 19.4 Å². The van der Waals surface area contributed by atoms with Crippen molar-refractivity contribution < 1.29 is 9.59 Å². The van der Waals surface area contributed by atoms with Crippen molar-refractivity contribution in [2.75, 3.05) is 31.5 Å². The summed E-state index contributed by atoms with van der Waals surface area (Å²) in [5.74, 6) is 0.429. The molecule has 2 aromatic rings. The van der Waals surface area contributed by atoms with Gasteiger partial charge in [0.15, 0.2) is 0 Å². The lowest BCUT2D eigenvalue weighted by molar-refractivity contribution is -0.127. The van der Waals surface area contributed by atoms with Crippen LogP contribution in [0.2, 0.25) is 5.02 Å². The van der Waals surface area contributed by atoms with Gasteiger partial charge in [-0.2, -0.15) is 0 Å². The van der Waals surface area contributed by atoms with Crippen LogP contribution >= 0.6 is 11.6 Å². The summed E-state index contributed by atoms with van der Waals surface area (Å²) in [6.45, 7) is 4.51. The maximum absolute atomic E-state index is 12.6. The molecule has 0 spiro atoms. The third-order valence-corrected chi connectivity index (χ3v) is 5.43. The molecule has 0 aliphatic carbocycles. The van der Waals surface area contributed by atoms with Gasteiger partial charge in [0.05, 0.1) is 23.5 Å². The zero-order valence-corrected chi connectivity index (χ0v) is 16.2. The van der Waals surface area contributed by atoms with Crippen molar-refractivity contribution >= 4 is 29.1 Å². The van der Waals surface area contributed by atoms with Crippen LogP contribution in [0.1, 0.15) is 22.7 Å². The average molecular weight is 400 g/mol. The van der Waals surface area contributed by atoms with Crippen LogP contribution in [0.4, 0.5) is 5.69 Å². The Kier molecular flexibility index (Phi) is 5.45. The first-order valence-corrected chi connectivity index (χ1v) is 9.78. The Balaban J connectivity index is 1.39. The van der Waals surface area contributed by atoms with Crippen LogP contribution < -0.4 is 5.32 Å². The Labute approximate surface area is 168 Å². The zero-order chi connectivity index (χ0) is 19.5. The van der Waals surface area contributed by atoms with Gasteiger partial charge in [0.2, 0.25) is 5.91 Å². The van der Waals surface area contributed by atoms with Crippen molar-refractivity contribution in [3.63, 3.8) is 0 Å². The Hall–Kier alpha value is -2.64. The van der Waals surface area contributed by atoms with Gasteiger partial charge in [-0.3, -0.25) is 14.5 Å². The number of nitrogens with one attached hydrogen (secondary N) is 1. The number of fused-ring (bicyclic) bond motifs is 1. The van der Waals surface area contributed by atoms with E-state index in [1.54, 1.807) is 29.3 Å². The molecule has 8 heteroatoms. The van der Waals surface area contributed by atoms with Gasteiger partial charge in [-0.1, -0.05) is 29.8 Å². The number of benzene rings is 1. The third-order valence-electron chi connectivity index (χ3n) is 5.10. The van der Waals surface area contributed by atoms with Gasteiger partial charge in [-0.25, -0.2) is 4.98 Å². The number of rotatable bonds is 5. The molecular formula is C20H22ClN5O2. The molecule has 3 heterocycles. The van der Waals surface area contributed by atoms with Gasteiger partial charge in [0.1, 0.15) is 11.5 Å². The van der Waals surface area contributed by atoms with Crippen molar-refractivity contribution in [2.24, 2.45) is 0 Å². The van der Waals surface area contributed by atoms with Gasteiger partial charge in [-0.05, 0) is 31.6 Å². The van der Waals surface area contributed by atoms with Crippen molar-refractivity contribution in [2.45, 2.75) is 19.5 Å². The summed E-state index contributed by atoms with van der Waals surface area (Å²) in [5.41, 5.74) is 1.03. The Morgan fingerprint density at radius 1 is 1.18 bits per heavy atom. The molecule has 1 fully saturated rings. The maximum atomic E-state index is 12.6. The largest absolute Gasteiger partial charge is 0.330 e. The minimum Gasteiger partial charge on any atom is -0.330 e. The van der Waals surface area contributed by atoms with E-state index in [9.17, 15) is 9.59 Å². The number of anilines is 1. The first-order valence-electron chi connectivity index (χ1n) is 9.40. The van der Waals surface area contributed by atoms with Crippen LogP contribution in [0.15, 0.2) is 42.6 Å². The van der Waals surface area contributed by atoms with Gasteiger partial charge >= 0.3 is 0 Å². The second-order valence-electron chi connectivity index (χ2n) is 6.96. The molecule has 7 nitrogen and oxygen atoms in total. The molecule has 1 N–H and O–H groups in total. The fraction of sp³-hybridized carbons (Fsp3) is 0.350. The van der Waals surface area contributed by atoms with E-state index in [1.165, 1.54) is 6.42 Å². The third kappa shape index (κ3) is 3.95. The summed E-state index contributed by atoms with van der Waals surface area (Å²) < 4.78 is 1.86. The number of para-hydroxylation sites is 1. The topological polar surface area (TPSA) is 70.5 Å². The van der Waals surface area contributed by atoms with E-state index < -0.39 is 0 Å². The number of imidazole rings is 1. The lowest BCUT2D eigenvalue weighted by Gasteiger charge is -2.29. The highest BCUT2D eigenvalue weighted by atomic mass is 35.5. The standard InChI is InChI=1S/C20H22ClN5O2/c21-15-5-1-2-6-16(15)23-20(28)17-13-22-18-14-25(11-12-26(17)18)19(27)7-3-8-24-9-4-10-24/h1-3,5-7,13H,4,8-12,14H2,(H,23,28)/b7-3+. The predicted molar refractivity (Wildman–Crippen MR) is 107 cm³/mol. The number of hydrogen-bond donors (Lipinski definition) is 1. The summed E-state index contributed by atoms with van der Waals surface area (Å²) >= 11 is 6.11. The maximum Gasteiger partial charge on any atom is 0.273 e. The normalized spacial score (nSPS) is 16.7. The SMILES string of the molecule is O=C(Nc1ccccc1Cl)c1cnc2n1CCN(C(=O)/C=C/CN1CCC1)C2. The molecule has 0 bridgehead atoms. The van der Waals surface area contributed by atoms with E-state index in [0.717, 1.165) is 19.6 Å². The van der Waals surface area contributed by atoms with E-state index >= 15 is 0 Å². The van der Waals surface area contributed by atoms with E-state index in [0.29, 0.717) is 41.9 Å². The molecule has 2 aliphatic heterocycles. The van der Waals surface area contributed by atoms with Crippen molar-refractivity contribution in [1.29, 1.82) is 0 Å². The molecule has 2 aliphatic rings.